The van der Waals surface area contributed by atoms with Crippen molar-refractivity contribution in [2.45, 2.75) is 13.3 Å². The van der Waals surface area contributed by atoms with Crippen LogP contribution in [0.2, 0.25) is 0 Å². The average molecular weight is 255 g/mol. The Morgan fingerprint density at radius 1 is 1.31 bits per heavy atom. The molecule has 1 unspecified atom stereocenters. The van der Waals surface area contributed by atoms with Crippen LogP contribution in [-0.2, 0) is 24.5 Å². The Bertz CT molecular complexity index is 300. The van der Waals surface area contributed by atoms with Crippen molar-refractivity contribution in [3.8, 4) is 0 Å². The molecule has 1 atom stereocenters. The third-order valence-corrected chi connectivity index (χ3v) is 2.68. The molecule has 0 radical (unpaired) electrons. The van der Waals surface area contributed by atoms with Crippen molar-refractivity contribution in [3.05, 3.63) is 0 Å². The summed E-state index contributed by atoms with van der Waals surface area (Å²) in [6.45, 7) is 1.78. The maximum atomic E-state index is 10.4. The van der Waals surface area contributed by atoms with Crippen LogP contribution in [0.15, 0.2) is 0 Å². The second kappa shape index (κ2) is 6.63. The van der Waals surface area contributed by atoms with Crippen molar-refractivity contribution >= 4 is 30.0 Å². The van der Waals surface area contributed by atoms with E-state index in [0.29, 0.717) is 6.42 Å². The predicted octanol–water partition coefficient (Wildman–Crippen LogP) is -0.00740. The lowest BCUT2D eigenvalue weighted by Crippen LogP contribution is -2.02. The summed E-state index contributed by atoms with van der Waals surface area (Å²) in [4.78, 5) is 0. The van der Waals surface area contributed by atoms with E-state index in [1.165, 1.54) is 0 Å². The fourth-order valence-corrected chi connectivity index (χ4v) is 1.18. The van der Waals surface area contributed by atoms with Crippen LogP contribution in [0.3, 0.4) is 0 Å². The molecule has 7 nitrogen and oxygen atoms in total. The molecule has 0 rings (SSSR count). The molecule has 0 fully saturated rings. The van der Waals surface area contributed by atoms with Gasteiger partial charge in [0.1, 0.15) is 0 Å². The van der Waals surface area contributed by atoms with E-state index in [-0.39, 0.29) is 7.18 Å². The van der Waals surface area contributed by atoms with E-state index >= 15 is 0 Å². The van der Waals surface area contributed by atoms with E-state index in [2.05, 4.69) is 3.97 Å². The minimum Gasteiger partial charge on any atom is -0.264 e. The maximum absolute atomic E-state index is 10.4. The molecule has 0 aliphatic carbocycles. The standard InChI is InChI=1S/C3H9O3PS.H2O4S/c1-2-3-8(4,5)6-7;1-5(2,3)4/h2-3,7H2,1H3;(H2,1,2,3,4)/p+1. The Morgan fingerprint density at radius 2 is 1.62 bits per heavy atom. The van der Waals surface area contributed by atoms with Crippen LogP contribution < -0.4 is 0 Å². The monoisotopic (exact) mass is 255 g/mol. The third kappa shape index (κ3) is 24.5. The van der Waals surface area contributed by atoms with Crippen molar-refractivity contribution in [2.24, 2.45) is 0 Å². The largest absolute Gasteiger partial charge is 1.00 e. The first-order valence-electron chi connectivity index (χ1n) is 2.93. The third-order valence-electron chi connectivity index (χ3n) is 0.601. The first kappa shape index (κ1) is 15.7. The van der Waals surface area contributed by atoms with E-state index in [9.17, 15) is 8.42 Å². The minimum atomic E-state index is -4.67. The molecule has 0 aromatic heterocycles. The molecule has 0 saturated heterocycles. The molecule has 0 aromatic carbocycles. The maximum Gasteiger partial charge on any atom is 1.00 e. The van der Waals surface area contributed by atoms with Gasteiger partial charge in [-0.25, -0.2) is 0 Å². The summed E-state index contributed by atoms with van der Waals surface area (Å²) in [5.41, 5.74) is 0. The van der Waals surface area contributed by atoms with Crippen LogP contribution in [0.5, 0.6) is 0 Å². The lowest BCUT2D eigenvalue weighted by atomic mass is 10.6. The van der Waals surface area contributed by atoms with Gasteiger partial charge in [0.25, 0.3) is 10.1 Å². The summed E-state index contributed by atoms with van der Waals surface area (Å²) in [6.07, 6.45) is 0.594. The van der Waals surface area contributed by atoms with Crippen LogP contribution in [0.1, 0.15) is 14.8 Å². The lowest BCUT2D eigenvalue weighted by molar-refractivity contribution is 0.381. The zero-order valence-electron chi connectivity index (χ0n) is 7.74. The zero-order chi connectivity index (χ0) is 11.1. The summed E-state index contributed by atoms with van der Waals surface area (Å²) < 4.78 is 56.4. The van der Waals surface area contributed by atoms with Gasteiger partial charge in [0.05, 0.1) is 5.75 Å². The van der Waals surface area contributed by atoms with Crippen LogP contribution >= 0.6 is 9.47 Å². The van der Waals surface area contributed by atoms with Gasteiger partial charge in [0.2, 0.25) is 0 Å². The highest BCUT2D eigenvalue weighted by Gasteiger charge is 2.03. The van der Waals surface area contributed by atoms with Gasteiger partial charge < -0.3 is 0 Å². The van der Waals surface area contributed by atoms with Gasteiger partial charge in [-0.05, 0) is 6.42 Å². The molecular formula is C3H12O7PS2+. The smallest absolute Gasteiger partial charge is 0.264 e. The highest BCUT2D eigenvalue weighted by molar-refractivity contribution is 7.88. The Morgan fingerprint density at radius 3 is 1.69 bits per heavy atom. The van der Waals surface area contributed by atoms with Gasteiger partial charge in [0, 0.05) is 9.47 Å². The normalized spacial score (nSPS) is 11.7. The molecule has 10 heteroatoms. The molecule has 0 saturated carbocycles. The highest BCUT2D eigenvalue weighted by Crippen LogP contribution is 1.99. The fraction of sp³-hybridized carbons (Fsp3) is 1.00. The Hall–Kier alpha value is 0.210. The predicted molar refractivity (Wildman–Crippen MR) is 50.2 cm³/mol. The molecule has 13 heavy (non-hydrogen) atoms. The number of rotatable bonds is 3. The first-order chi connectivity index (χ1) is 5.62. The molecule has 0 bridgehead atoms. The highest BCUT2D eigenvalue weighted by atomic mass is 32.3. The van der Waals surface area contributed by atoms with Crippen LogP contribution in [0.4, 0.5) is 0 Å². The van der Waals surface area contributed by atoms with Gasteiger partial charge in [0.15, 0.2) is 0 Å². The van der Waals surface area contributed by atoms with Gasteiger partial charge in [-0.1, -0.05) is 6.92 Å². The van der Waals surface area contributed by atoms with Crippen molar-refractivity contribution < 1.29 is 31.3 Å². The van der Waals surface area contributed by atoms with E-state index < -0.39 is 20.5 Å². The molecule has 0 spiro atoms. The Labute approximate surface area is 81.0 Å². The summed E-state index contributed by atoms with van der Waals surface area (Å²) in [5, 5.41) is 0. The van der Waals surface area contributed by atoms with Crippen molar-refractivity contribution in [2.75, 3.05) is 5.75 Å². The second-order valence-corrected chi connectivity index (χ2v) is 4.99. The number of hydrogen-bond acceptors (Lipinski definition) is 5. The molecule has 82 valence electrons. The van der Waals surface area contributed by atoms with Gasteiger partial charge >= 0.3 is 11.8 Å². The van der Waals surface area contributed by atoms with E-state index in [4.69, 9.17) is 17.5 Å². The molecule has 0 amide bonds. The van der Waals surface area contributed by atoms with E-state index in [1.54, 1.807) is 16.4 Å². The van der Waals surface area contributed by atoms with Gasteiger partial charge in [-0.2, -0.15) is 16.8 Å². The van der Waals surface area contributed by atoms with Crippen molar-refractivity contribution in [3.63, 3.8) is 0 Å². The molecule has 0 aliphatic heterocycles. The SMILES string of the molecule is CCCS(=O)(=O)OP.O=S(=O)(O)O.[H+]. The summed E-state index contributed by atoms with van der Waals surface area (Å²) in [7, 11) is -6.16. The van der Waals surface area contributed by atoms with Crippen molar-refractivity contribution in [1.29, 1.82) is 0 Å². The Balaban J connectivity index is -0.000000177. The quantitative estimate of drug-likeness (QED) is 0.538. The van der Waals surface area contributed by atoms with E-state index in [1.807, 2.05) is 0 Å². The van der Waals surface area contributed by atoms with Crippen LogP contribution in [0.25, 0.3) is 0 Å². The summed E-state index contributed by atoms with van der Waals surface area (Å²) in [6, 6.07) is 0. The fourth-order valence-electron chi connectivity index (χ4n) is 0.298. The molecule has 0 aromatic rings. The van der Waals surface area contributed by atoms with Crippen LogP contribution in [-0.4, -0.2) is 31.7 Å². The Kier molecular flexibility index (Phi) is 8.00. The second-order valence-electron chi connectivity index (χ2n) is 1.81. The number of hydrogen-bond donors (Lipinski definition) is 2. The minimum absolute atomic E-state index is 0. The van der Waals surface area contributed by atoms with Crippen molar-refractivity contribution in [1.82, 2.24) is 0 Å². The summed E-state index contributed by atoms with van der Waals surface area (Å²) in [5.74, 6) is 0.0937. The topological polar surface area (TPSA) is 118 Å². The molecule has 0 heterocycles. The molecule has 2 N–H and O–H groups in total. The lowest BCUT2D eigenvalue weighted by Gasteiger charge is -1.94. The molecule has 0 aliphatic rings. The van der Waals surface area contributed by atoms with Gasteiger partial charge in [-0.15, -0.1) is 0 Å². The average Bonchev–Trinajstić information content (AvgIpc) is 1.84. The summed E-state index contributed by atoms with van der Waals surface area (Å²) >= 11 is 0. The molecular weight excluding hydrogens is 243 g/mol. The van der Waals surface area contributed by atoms with Crippen LogP contribution in [0, 0.1) is 0 Å². The van der Waals surface area contributed by atoms with E-state index in [0.717, 1.165) is 0 Å². The first-order valence-corrected chi connectivity index (χ1v) is 6.38. The zero-order valence-corrected chi connectivity index (χ0v) is 9.53. The van der Waals surface area contributed by atoms with Gasteiger partial charge in [-0.3, -0.25) is 13.1 Å².